The molecule has 2 heterocycles. The minimum Gasteiger partial charge on any atom is -0.493 e. The molecule has 0 atom stereocenters. The lowest BCUT2D eigenvalue weighted by atomic mass is 10.1. The molecule has 6 nitrogen and oxygen atoms in total. The van der Waals surface area contributed by atoms with Crippen LogP contribution in [0.5, 0.6) is 11.5 Å². The summed E-state index contributed by atoms with van der Waals surface area (Å²) in [6.07, 6.45) is 0. The number of carbonyl (C=O) groups is 1. The molecule has 0 unspecified atom stereocenters. The van der Waals surface area contributed by atoms with Crippen LogP contribution >= 0.6 is 11.3 Å². The molecular weight excluding hydrogens is 386 g/mol. The highest BCUT2D eigenvalue weighted by atomic mass is 32.1. The van der Waals surface area contributed by atoms with Gasteiger partial charge in [-0.25, -0.2) is 4.98 Å². The van der Waals surface area contributed by atoms with Gasteiger partial charge in [0.1, 0.15) is 0 Å². The van der Waals surface area contributed by atoms with Crippen molar-refractivity contribution in [2.24, 2.45) is 0 Å². The zero-order chi connectivity index (χ0) is 20.4. The second-order valence-electron chi connectivity index (χ2n) is 7.18. The topological polar surface area (TPSA) is 54.9 Å². The van der Waals surface area contributed by atoms with Gasteiger partial charge in [0, 0.05) is 26.2 Å². The van der Waals surface area contributed by atoms with E-state index in [0.717, 1.165) is 23.7 Å². The van der Waals surface area contributed by atoms with Crippen LogP contribution in [0.3, 0.4) is 0 Å². The van der Waals surface area contributed by atoms with Gasteiger partial charge in [-0.1, -0.05) is 35.6 Å². The third kappa shape index (κ3) is 4.00. The van der Waals surface area contributed by atoms with Crippen molar-refractivity contribution in [2.75, 3.05) is 44.8 Å². The normalized spacial score (nSPS) is 14.3. The van der Waals surface area contributed by atoms with Crippen LogP contribution in [0.25, 0.3) is 10.2 Å². The standard InChI is InChI=1S/C22H25N3O3S/c1-15-8-9-16(2)21-20(15)23-22(29-21)25-12-10-24(11-13-25)19(26)14-28-18-7-5-4-6-17(18)27-3/h4-9H,10-14H2,1-3H3. The number of anilines is 1. The van der Waals surface area contributed by atoms with Crippen molar-refractivity contribution >= 4 is 32.6 Å². The first-order valence-corrected chi connectivity index (χ1v) is 10.5. The number of nitrogens with zero attached hydrogens (tertiary/aromatic N) is 3. The maximum Gasteiger partial charge on any atom is 0.260 e. The molecule has 29 heavy (non-hydrogen) atoms. The number of hydrogen-bond acceptors (Lipinski definition) is 6. The predicted molar refractivity (Wildman–Crippen MR) is 116 cm³/mol. The van der Waals surface area contributed by atoms with Crippen LogP contribution in [-0.4, -0.2) is 55.7 Å². The molecular formula is C22H25N3O3S. The molecule has 1 amide bonds. The summed E-state index contributed by atoms with van der Waals surface area (Å²) in [5.41, 5.74) is 3.56. The Balaban J connectivity index is 1.36. The third-order valence-electron chi connectivity index (χ3n) is 5.25. The number of aromatic nitrogens is 1. The highest BCUT2D eigenvalue weighted by Crippen LogP contribution is 2.33. The van der Waals surface area contributed by atoms with Crippen LogP contribution in [0, 0.1) is 13.8 Å². The highest BCUT2D eigenvalue weighted by Gasteiger charge is 2.24. The fourth-order valence-corrected chi connectivity index (χ4v) is 4.66. The van der Waals surface area contributed by atoms with Crippen LogP contribution < -0.4 is 14.4 Å². The molecule has 0 saturated carbocycles. The van der Waals surface area contributed by atoms with Crippen molar-refractivity contribution in [1.82, 2.24) is 9.88 Å². The maximum atomic E-state index is 12.6. The molecule has 3 aromatic rings. The number of thiazole rings is 1. The Labute approximate surface area is 174 Å². The average molecular weight is 412 g/mol. The van der Waals surface area contributed by atoms with Crippen LogP contribution in [0.2, 0.25) is 0 Å². The fourth-order valence-electron chi connectivity index (χ4n) is 3.50. The monoisotopic (exact) mass is 411 g/mol. The number of ether oxygens (including phenoxy) is 2. The molecule has 1 aromatic heterocycles. The van der Waals surface area contributed by atoms with Crippen LogP contribution in [0.4, 0.5) is 5.13 Å². The van der Waals surface area contributed by atoms with E-state index in [1.165, 1.54) is 15.8 Å². The third-order valence-corrected chi connectivity index (χ3v) is 6.51. The van der Waals surface area contributed by atoms with Gasteiger partial charge in [-0.15, -0.1) is 0 Å². The Morgan fingerprint density at radius 3 is 2.41 bits per heavy atom. The Morgan fingerprint density at radius 2 is 1.72 bits per heavy atom. The first-order valence-electron chi connectivity index (χ1n) is 9.72. The lowest BCUT2D eigenvalue weighted by Crippen LogP contribution is -2.50. The number of piperazine rings is 1. The summed E-state index contributed by atoms with van der Waals surface area (Å²) in [5.74, 6) is 1.21. The molecule has 4 rings (SSSR count). The summed E-state index contributed by atoms with van der Waals surface area (Å²) >= 11 is 1.74. The highest BCUT2D eigenvalue weighted by molar-refractivity contribution is 7.22. The van der Waals surface area contributed by atoms with Gasteiger partial charge >= 0.3 is 0 Å². The molecule has 1 saturated heterocycles. The minimum absolute atomic E-state index is 0.00783. The van der Waals surface area contributed by atoms with E-state index in [1.807, 2.05) is 23.1 Å². The van der Waals surface area contributed by atoms with E-state index in [0.29, 0.717) is 24.6 Å². The van der Waals surface area contributed by atoms with E-state index in [2.05, 4.69) is 30.9 Å². The van der Waals surface area contributed by atoms with Gasteiger partial charge in [-0.3, -0.25) is 4.79 Å². The van der Waals surface area contributed by atoms with Crippen LogP contribution in [0.1, 0.15) is 11.1 Å². The second kappa shape index (κ2) is 8.29. The minimum atomic E-state index is -0.00783. The maximum absolute atomic E-state index is 12.6. The molecule has 0 N–H and O–H groups in total. The molecule has 2 aromatic carbocycles. The first-order chi connectivity index (χ1) is 14.1. The van der Waals surface area contributed by atoms with Gasteiger partial charge < -0.3 is 19.3 Å². The lowest BCUT2D eigenvalue weighted by molar-refractivity contribution is -0.133. The van der Waals surface area contributed by atoms with Crippen LogP contribution in [0.15, 0.2) is 36.4 Å². The quantitative estimate of drug-likeness (QED) is 0.642. The number of aryl methyl sites for hydroxylation is 2. The van der Waals surface area contributed by atoms with E-state index in [-0.39, 0.29) is 12.5 Å². The Bertz CT molecular complexity index is 986. The zero-order valence-electron chi connectivity index (χ0n) is 17.0. The van der Waals surface area contributed by atoms with Crippen molar-refractivity contribution in [3.05, 3.63) is 47.5 Å². The Morgan fingerprint density at radius 1 is 1.03 bits per heavy atom. The summed E-state index contributed by atoms with van der Waals surface area (Å²) in [5, 5.41) is 1.04. The summed E-state index contributed by atoms with van der Waals surface area (Å²) < 4.78 is 12.2. The number of fused-ring (bicyclic) bond motifs is 1. The van der Waals surface area contributed by atoms with Crippen LogP contribution in [-0.2, 0) is 4.79 Å². The number of para-hydroxylation sites is 2. The van der Waals surface area contributed by atoms with Gasteiger partial charge in [-0.05, 0) is 37.1 Å². The number of rotatable bonds is 5. The van der Waals surface area contributed by atoms with Gasteiger partial charge in [0.2, 0.25) is 0 Å². The van der Waals surface area contributed by atoms with Gasteiger partial charge in [0.15, 0.2) is 23.2 Å². The van der Waals surface area contributed by atoms with Crippen molar-refractivity contribution in [2.45, 2.75) is 13.8 Å². The van der Waals surface area contributed by atoms with Crippen molar-refractivity contribution in [3.8, 4) is 11.5 Å². The molecule has 1 aliphatic heterocycles. The molecule has 1 fully saturated rings. The summed E-state index contributed by atoms with van der Waals surface area (Å²) in [7, 11) is 1.59. The van der Waals surface area contributed by atoms with Crippen molar-refractivity contribution in [1.29, 1.82) is 0 Å². The summed E-state index contributed by atoms with van der Waals surface area (Å²) in [6.45, 7) is 7.13. The fraction of sp³-hybridized carbons (Fsp3) is 0.364. The molecule has 0 spiro atoms. The van der Waals surface area contributed by atoms with Gasteiger partial charge in [0.05, 0.1) is 17.3 Å². The number of carbonyl (C=O) groups excluding carboxylic acids is 1. The summed E-state index contributed by atoms with van der Waals surface area (Å²) in [6, 6.07) is 11.6. The molecule has 0 radical (unpaired) electrons. The van der Waals surface area contributed by atoms with E-state index < -0.39 is 0 Å². The Kier molecular flexibility index (Phi) is 5.58. The smallest absolute Gasteiger partial charge is 0.260 e. The second-order valence-corrected chi connectivity index (χ2v) is 8.16. The van der Waals surface area contributed by atoms with E-state index in [4.69, 9.17) is 14.5 Å². The molecule has 1 aliphatic rings. The van der Waals surface area contributed by atoms with E-state index in [1.54, 1.807) is 24.5 Å². The van der Waals surface area contributed by atoms with E-state index in [9.17, 15) is 4.79 Å². The van der Waals surface area contributed by atoms with Crippen molar-refractivity contribution in [3.63, 3.8) is 0 Å². The molecule has 0 aliphatic carbocycles. The average Bonchev–Trinajstić information content (AvgIpc) is 3.22. The van der Waals surface area contributed by atoms with Gasteiger partial charge in [0.25, 0.3) is 5.91 Å². The summed E-state index contributed by atoms with van der Waals surface area (Å²) in [4.78, 5) is 21.6. The lowest BCUT2D eigenvalue weighted by Gasteiger charge is -2.34. The molecule has 152 valence electrons. The number of amides is 1. The molecule has 7 heteroatoms. The van der Waals surface area contributed by atoms with Gasteiger partial charge in [-0.2, -0.15) is 0 Å². The number of hydrogen-bond donors (Lipinski definition) is 0. The molecule has 0 bridgehead atoms. The Hall–Kier alpha value is -2.80. The van der Waals surface area contributed by atoms with E-state index >= 15 is 0 Å². The number of benzene rings is 2. The van der Waals surface area contributed by atoms with Crippen molar-refractivity contribution < 1.29 is 14.3 Å². The zero-order valence-corrected chi connectivity index (χ0v) is 17.8. The first kappa shape index (κ1) is 19.5. The predicted octanol–water partition coefficient (Wildman–Crippen LogP) is 3.65. The largest absolute Gasteiger partial charge is 0.493 e. The SMILES string of the molecule is COc1ccccc1OCC(=O)N1CCN(c2nc3c(C)ccc(C)c3s2)CC1. The number of methoxy groups -OCH3 is 1.